The van der Waals surface area contributed by atoms with Crippen LogP contribution in [0.3, 0.4) is 0 Å². The number of anilines is 1. The van der Waals surface area contributed by atoms with Gasteiger partial charge < -0.3 is 10.6 Å². The second kappa shape index (κ2) is 6.28. The summed E-state index contributed by atoms with van der Waals surface area (Å²) in [5, 5.41) is 15.4. The number of hydrogen-bond acceptors (Lipinski definition) is 3. The van der Waals surface area contributed by atoms with Gasteiger partial charge in [-0.05, 0) is 30.5 Å². The number of carbonyl (C=O) groups excluding carboxylic acids is 1. The molecule has 2 N–H and O–H groups in total. The zero-order valence-corrected chi connectivity index (χ0v) is 13.8. The molecule has 0 bridgehead atoms. The van der Waals surface area contributed by atoms with E-state index in [2.05, 4.69) is 40.1 Å². The fourth-order valence-electron chi connectivity index (χ4n) is 3.39. The standard InChI is InChI=1S/C18H22N5O/c1-12(14-2-4-16-15(8-14)3-5-18(24)22-16)19-9-13-10-20-17-6-7-21-23(17)11-13/h2,4,6-8,12-13,19H,3,5,9-11H2,1H3,(H,22,24). The summed E-state index contributed by atoms with van der Waals surface area (Å²) in [6.07, 6.45) is 3.21. The van der Waals surface area contributed by atoms with Crippen molar-refractivity contribution in [1.29, 1.82) is 0 Å². The molecule has 1 aromatic heterocycles. The Balaban J connectivity index is 1.37. The van der Waals surface area contributed by atoms with Gasteiger partial charge in [0.1, 0.15) is 5.82 Å². The first-order chi connectivity index (χ1) is 11.7. The van der Waals surface area contributed by atoms with Gasteiger partial charge in [-0.25, -0.2) is 4.68 Å². The minimum atomic E-state index is 0.112. The van der Waals surface area contributed by atoms with Gasteiger partial charge in [0, 0.05) is 49.8 Å². The average molecular weight is 324 g/mol. The van der Waals surface area contributed by atoms with Crippen LogP contribution in [0.25, 0.3) is 0 Å². The lowest BCUT2D eigenvalue weighted by Gasteiger charge is -2.26. The lowest BCUT2D eigenvalue weighted by atomic mass is 9.97. The van der Waals surface area contributed by atoms with Crippen molar-refractivity contribution in [3.63, 3.8) is 0 Å². The molecule has 0 fully saturated rings. The van der Waals surface area contributed by atoms with E-state index in [1.165, 1.54) is 11.1 Å². The van der Waals surface area contributed by atoms with Crippen LogP contribution in [0, 0.1) is 5.92 Å². The van der Waals surface area contributed by atoms with Gasteiger partial charge in [0.2, 0.25) is 5.91 Å². The highest BCUT2D eigenvalue weighted by Crippen LogP contribution is 2.26. The summed E-state index contributed by atoms with van der Waals surface area (Å²) in [7, 11) is 0. The number of nitrogens with zero attached hydrogens (tertiary/aromatic N) is 3. The summed E-state index contributed by atoms with van der Waals surface area (Å²) >= 11 is 0. The summed E-state index contributed by atoms with van der Waals surface area (Å²) < 4.78 is 1.97. The van der Waals surface area contributed by atoms with Crippen LogP contribution < -0.4 is 16.0 Å². The molecule has 1 aromatic carbocycles. The van der Waals surface area contributed by atoms with Crippen LogP contribution in [0.5, 0.6) is 0 Å². The second-order valence-corrected chi connectivity index (χ2v) is 6.67. The maximum atomic E-state index is 11.5. The van der Waals surface area contributed by atoms with Crippen molar-refractivity contribution in [3.8, 4) is 0 Å². The molecule has 2 aliphatic heterocycles. The Morgan fingerprint density at radius 2 is 2.29 bits per heavy atom. The molecule has 2 unspecified atom stereocenters. The molecule has 6 nitrogen and oxygen atoms in total. The normalized spacial score (nSPS) is 20.5. The monoisotopic (exact) mass is 324 g/mol. The minimum Gasteiger partial charge on any atom is -0.326 e. The first kappa shape index (κ1) is 15.2. The van der Waals surface area contributed by atoms with Crippen molar-refractivity contribution in [1.82, 2.24) is 20.4 Å². The van der Waals surface area contributed by atoms with Gasteiger partial charge in [-0.1, -0.05) is 12.1 Å². The molecule has 0 saturated carbocycles. The first-order valence-electron chi connectivity index (χ1n) is 8.54. The largest absolute Gasteiger partial charge is 0.326 e. The summed E-state index contributed by atoms with van der Waals surface area (Å²) in [5.41, 5.74) is 3.45. The number of aryl methyl sites for hydroxylation is 1. The molecule has 2 aliphatic rings. The number of hydrogen-bond donors (Lipinski definition) is 2. The molecule has 0 aliphatic carbocycles. The molecule has 1 radical (unpaired) electrons. The maximum absolute atomic E-state index is 11.5. The Bertz CT molecular complexity index is 754. The number of amides is 1. The number of aromatic nitrogens is 2. The van der Waals surface area contributed by atoms with Gasteiger partial charge in [0.15, 0.2) is 0 Å². The smallest absolute Gasteiger partial charge is 0.224 e. The Morgan fingerprint density at radius 3 is 3.21 bits per heavy atom. The van der Waals surface area contributed by atoms with E-state index in [9.17, 15) is 4.79 Å². The van der Waals surface area contributed by atoms with E-state index in [0.717, 1.165) is 37.6 Å². The quantitative estimate of drug-likeness (QED) is 0.903. The Kier molecular flexibility index (Phi) is 3.98. The molecule has 2 aromatic rings. The summed E-state index contributed by atoms with van der Waals surface area (Å²) in [6.45, 7) is 4.86. The van der Waals surface area contributed by atoms with Crippen molar-refractivity contribution in [2.24, 2.45) is 5.92 Å². The zero-order valence-electron chi connectivity index (χ0n) is 13.8. The van der Waals surface area contributed by atoms with Crippen LogP contribution in [0.1, 0.15) is 30.5 Å². The van der Waals surface area contributed by atoms with Crippen molar-refractivity contribution in [2.45, 2.75) is 32.4 Å². The Morgan fingerprint density at radius 1 is 1.38 bits per heavy atom. The highest BCUT2D eigenvalue weighted by molar-refractivity contribution is 5.93. The number of fused-ring (bicyclic) bond motifs is 2. The Labute approximate surface area is 141 Å². The van der Waals surface area contributed by atoms with Crippen molar-refractivity contribution >= 4 is 17.4 Å². The lowest BCUT2D eigenvalue weighted by molar-refractivity contribution is -0.116. The van der Waals surface area contributed by atoms with Crippen LogP contribution in [0.4, 0.5) is 11.5 Å². The van der Waals surface area contributed by atoms with E-state index in [0.29, 0.717) is 12.3 Å². The van der Waals surface area contributed by atoms with E-state index >= 15 is 0 Å². The number of carbonyl (C=O) groups is 1. The fraction of sp³-hybridized carbons (Fsp3) is 0.444. The molecule has 0 spiro atoms. The molecule has 3 heterocycles. The van der Waals surface area contributed by atoms with Crippen LogP contribution >= 0.6 is 0 Å². The van der Waals surface area contributed by atoms with E-state index in [1.54, 1.807) is 0 Å². The van der Waals surface area contributed by atoms with E-state index in [4.69, 9.17) is 0 Å². The maximum Gasteiger partial charge on any atom is 0.224 e. The Hall–Kier alpha value is -2.34. The molecule has 6 heteroatoms. The molecule has 125 valence electrons. The molecular formula is C18H22N5O. The molecule has 0 saturated heterocycles. The summed E-state index contributed by atoms with van der Waals surface area (Å²) in [6, 6.07) is 8.55. The predicted molar refractivity (Wildman–Crippen MR) is 92.2 cm³/mol. The van der Waals surface area contributed by atoms with Crippen molar-refractivity contribution in [3.05, 3.63) is 41.6 Å². The van der Waals surface area contributed by atoms with Gasteiger partial charge >= 0.3 is 0 Å². The number of rotatable bonds is 4. The molecule has 2 atom stereocenters. The average Bonchev–Trinajstić information content (AvgIpc) is 3.07. The van der Waals surface area contributed by atoms with Gasteiger partial charge in [-0.2, -0.15) is 5.10 Å². The zero-order chi connectivity index (χ0) is 16.5. The fourth-order valence-corrected chi connectivity index (χ4v) is 3.39. The van der Waals surface area contributed by atoms with E-state index in [1.807, 2.05) is 23.0 Å². The first-order valence-corrected chi connectivity index (χ1v) is 8.54. The third-order valence-corrected chi connectivity index (χ3v) is 4.87. The summed E-state index contributed by atoms with van der Waals surface area (Å²) in [5.74, 6) is 1.56. The van der Waals surface area contributed by atoms with E-state index < -0.39 is 0 Å². The molecule has 24 heavy (non-hydrogen) atoms. The highest BCUT2D eigenvalue weighted by atomic mass is 16.1. The van der Waals surface area contributed by atoms with Crippen LogP contribution in [-0.4, -0.2) is 28.8 Å². The van der Waals surface area contributed by atoms with E-state index in [-0.39, 0.29) is 11.9 Å². The minimum absolute atomic E-state index is 0.112. The van der Waals surface area contributed by atoms with Crippen LogP contribution in [-0.2, 0) is 17.8 Å². The van der Waals surface area contributed by atoms with Crippen molar-refractivity contribution in [2.75, 3.05) is 18.4 Å². The van der Waals surface area contributed by atoms with Gasteiger partial charge in [-0.15, -0.1) is 0 Å². The summed E-state index contributed by atoms with van der Waals surface area (Å²) in [4.78, 5) is 11.5. The third-order valence-electron chi connectivity index (χ3n) is 4.87. The molecular weight excluding hydrogens is 302 g/mol. The lowest BCUT2D eigenvalue weighted by Crippen LogP contribution is -2.36. The van der Waals surface area contributed by atoms with Gasteiger partial charge in [-0.3, -0.25) is 10.1 Å². The highest BCUT2D eigenvalue weighted by Gasteiger charge is 2.21. The molecule has 4 rings (SSSR count). The van der Waals surface area contributed by atoms with Crippen molar-refractivity contribution < 1.29 is 4.79 Å². The number of nitrogens with one attached hydrogen (secondary N) is 2. The predicted octanol–water partition coefficient (Wildman–Crippen LogP) is 1.98. The topological polar surface area (TPSA) is 73.0 Å². The van der Waals surface area contributed by atoms with Gasteiger partial charge in [0.05, 0.1) is 6.20 Å². The number of benzene rings is 1. The van der Waals surface area contributed by atoms with Gasteiger partial charge in [0.25, 0.3) is 0 Å². The third kappa shape index (κ3) is 3.01. The van der Waals surface area contributed by atoms with Crippen LogP contribution in [0.15, 0.2) is 30.5 Å². The SMILES string of the molecule is CC(NCC1C[N]c2ccnn2C1)c1ccc2c(c1)CCC(=O)N2. The second-order valence-electron chi connectivity index (χ2n) is 6.67. The molecule has 1 amide bonds. The van der Waals surface area contributed by atoms with Crippen LogP contribution in [0.2, 0.25) is 0 Å².